The second-order valence-corrected chi connectivity index (χ2v) is 6.04. The van der Waals surface area contributed by atoms with E-state index in [1.165, 1.54) is 5.56 Å². The molecule has 0 atom stereocenters. The molecule has 0 aliphatic heterocycles. The van der Waals surface area contributed by atoms with Gasteiger partial charge in [-0.25, -0.2) is 9.98 Å². The van der Waals surface area contributed by atoms with Gasteiger partial charge < -0.3 is 19.8 Å². The van der Waals surface area contributed by atoms with Crippen LogP contribution in [0.5, 0.6) is 0 Å². The van der Waals surface area contributed by atoms with Crippen molar-refractivity contribution in [2.75, 3.05) is 26.3 Å². The first-order chi connectivity index (χ1) is 12.7. The number of hydrogen-bond donors (Lipinski definition) is 2. The van der Waals surface area contributed by atoms with Crippen LogP contribution < -0.4 is 10.6 Å². The minimum Gasteiger partial charge on any atom is -0.444 e. The van der Waals surface area contributed by atoms with Crippen molar-refractivity contribution < 1.29 is 9.15 Å². The van der Waals surface area contributed by atoms with Gasteiger partial charge in [0.25, 0.3) is 0 Å². The molecule has 0 saturated carbocycles. The summed E-state index contributed by atoms with van der Waals surface area (Å²) in [6, 6.07) is 8.14. The molecule has 6 heteroatoms. The normalized spacial score (nSPS) is 11.6. The number of aromatic nitrogens is 1. The maximum Gasteiger partial charge on any atom is 0.226 e. The highest BCUT2D eigenvalue weighted by Crippen LogP contribution is 2.19. The van der Waals surface area contributed by atoms with Crippen molar-refractivity contribution in [3.63, 3.8) is 0 Å². The molecule has 0 bridgehead atoms. The molecule has 2 N–H and O–H groups in total. The zero-order valence-corrected chi connectivity index (χ0v) is 16.0. The average molecular weight is 358 g/mol. The number of rotatable bonds is 10. The van der Waals surface area contributed by atoms with Crippen LogP contribution in [0.4, 0.5) is 0 Å². The number of unbranched alkanes of at least 4 members (excludes halogenated alkanes) is 1. The van der Waals surface area contributed by atoms with Crippen molar-refractivity contribution in [3.05, 3.63) is 41.8 Å². The summed E-state index contributed by atoms with van der Waals surface area (Å²) in [5.41, 5.74) is 3.01. The topological polar surface area (TPSA) is 71.7 Å². The predicted molar refractivity (Wildman–Crippen MR) is 105 cm³/mol. The lowest BCUT2D eigenvalue weighted by atomic mass is 10.1. The molecule has 2 aromatic rings. The summed E-state index contributed by atoms with van der Waals surface area (Å²) in [6.07, 6.45) is 3.76. The first-order valence-electron chi connectivity index (χ1n) is 9.34. The molecule has 2 rings (SSSR count). The van der Waals surface area contributed by atoms with Gasteiger partial charge in [0, 0.05) is 31.9 Å². The molecule has 1 aromatic carbocycles. The third kappa shape index (κ3) is 6.88. The molecular formula is C20H30N4O2. The lowest BCUT2D eigenvalue weighted by Crippen LogP contribution is -2.37. The molecule has 0 saturated heterocycles. The second-order valence-electron chi connectivity index (χ2n) is 6.04. The quantitative estimate of drug-likeness (QED) is 0.386. The van der Waals surface area contributed by atoms with E-state index in [9.17, 15) is 0 Å². The maximum atomic E-state index is 5.58. The number of guanidine groups is 1. The Hall–Kier alpha value is -2.34. The summed E-state index contributed by atoms with van der Waals surface area (Å²) >= 11 is 0. The van der Waals surface area contributed by atoms with E-state index in [2.05, 4.69) is 46.6 Å². The zero-order chi connectivity index (χ0) is 18.6. The molecule has 0 aliphatic rings. The van der Waals surface area contributed by atoms with Crippen LogP contribution >= 0.6 is 0 Å². The highest BCUT2D eigenvalue weighted by atomic mass is 16.5. The standard InChI is InChI=1S/C20H30N4O2/c1-4-21-20(22-12-6-7-13-25-5-2)23-14-18-15-26-19(24-18)17-10-8-16(3)9-11-17/h8-11,15H,4-7,12-14H2,1-3H3,(H2,21,22,23). The van der Waals surface area contributed by atoms with E-state index in [1.807, 2.05) is 19.1 Å². The van der Waals surface area contributed by atoms with Crippen molar-refractivity contribution in [3.8, 4) is 11.5 Å². The third-order valence-electron chi connectivity index (χ3n) is 3.81. The molecule has 26 heavy (non-hydrogen) atoms. The van der Waals surface area contributed by atoms with Gasteiger partial charge in [-0.05, 0) is 45.7 Å². The molecule has 0 radical (unpaired) electrons. The maximum absolute atomic E-state index is 5.58. The van der Waals surface area contributed by atoms with E-state index in [4.69, 9.17) is 9.15 Å². The van der Waals surface area contributed by atoms with Gasteiger partial charge in [-0.15, -0.1) is 0 Å². The minimum atomic E-state index is 0.476. The summed E-state index contributed by atoms with van der Waals surface area (Å²) < 4.78 is 10.9. The van der Waals surface area contributed by atoms with E-state index in [1.54, 1.807) is 6.26 Å². The lowest BCUT2D eigenvalue weighted by molar-refractivity contribution is 0.143. The Bertz CT molecular complexity index is 665. The fourth-order valence-corrected chi connectivity index (χ4v) is 2.39. The molecule has 1 heterocycles. The number of nitrogens with one attached hydrogen (secondary N) is 2. The van der Waals surface area contributed by atoms with E-state index in [0.717, 1.165) is 56.4 Å². The predicted octanol–water partition coefficient (Wildman–Crippen LogP) is 3.52. The van der Waals surface area contributed by atoms with Crippen LogP contribution in [0.15, 0.2) is 39.9 Å². The number of aliphatic imine (C=N–C) groups is 1. The van der Waals surface area contributed by atoms with Gasteiger partial charge >= 0.3 is 0 Å². The van der Waals surface area contributed by atoms with Gasteiger partial charge in [-0.3, -0.25) is 0 Å². The van der Waals surface area contributed by atoms with Crippen LogP contribution in [0, 0.1) is 6.92 Å². The molecule has 6 nitrogen and oxygen atoms in total. The Morgan fingerprint density at radius 2 is 1.96 bits per heavy atom. The zero-order valence-electron chi connectivity index (χ0n) is 16.0. The monoisotopic (exact) mass is 358 g/mol. The first-order valence-corrected chi connectivity index (χ1v) is 9.34. The van der Waals surface area contributed by atoms with Gasteiger partial charge in [0.2, 0.25) is 5.89 Å². The van der Waals surface area contributed by atoms with Crippen molar-refractivity contribution in [1.82, 2.24) is 15.6 Å². The SMILES string of the molecule is CCNC(=NCc1coc(-c2ccc(C)cc2)n1)NCCCCOCC. The van der Waals surface area contributed by atoms with Gasteiger partial charge in [-0.1, -0.05) is 17.7 Å². The molecule has 0 fully saturated rings. The molecule has 0 spiro atoms. The Labute approximate surface area is 156 Å². The second kappa shape index (κ2) is 11.3. The summed E-state index contributed by atoms with van der Waals surface area (Å²) in [4.78, 5) is 9.11. The molecule has 0 amide bonds. The van der Waals surface area contributed by atoms with Crippen molar-refractivity contribution in [1.29, 1.82) is 0 Å². The minimum absolute atomic E-state index is 0.476. The lowest BCUT2D eigenvalue weighted by Gasteiger charge is -2.10. The summed E-state index contributed by atoms with van der Waals surface area (Å²) in [5, 5.41) is 6.59. The fraction of sp³-hybridized carbons (Fsp3) is 0.500. The highest BCUT2D eigenvalue weighted by molar-refractivity contribution is 5.79. The van der Waals surface area contributed by atoms with E-state index >= 15 is 0 Å². The largest absolute Gasteiger partial charge is 0.444 e. The van der Waals surface area contributed by atoms with Crippen molar-refractivity contribution in [2.24, 2.45) is 4.99 Å². The smallest absolute Gasteiger partial charge is 0.226 e. The number of benzene rings is 1. The van der Waals surface area contributed by atoms with Crippen LogP contribution in [-0.2, 0) is 11.3 Å². The highest BCUT2D eigenvalue weighted by Gasteiger charge is 2.06. The number of aryl methyl sites for hydroxylation is 1. The summed E-state index contributed by atoms with van der Waals surface area (Å²) in [6.45, 7) is 9.88. The van der Waals surface area contributed by atoms with Crippen molar-refractivity contribution in [2.45, 2.75) is 40.2 Å². The number of ether oxygens (including phenoxy) is 1. The Kier molecular flexibility index (Phi) is 8.69. The summed E-state index contributed by atoms with van der Waals surface area (Å²) in [5.74, 6) is 1.42. The van der Waals surface area contributed by atoms with Crippen LogP contribution in [0.2, 0.25) is 0 Å². The molecular weight excluding hydrogens is 328 g/mol. The van der Waals surface area contributed by atoms with Gasteiger partial charge in [0.05, 0.1) is 6.54 Å². The molecule has 0 unspecified atom stereocenters. The summed E-state index contributed by atoms with van der Waals surface area (Å²) in [7, 11) is 0. The molecule has 1 aromatic heterocycles. The van der Waals surface area contributed by atoms with Gasteiger partial charge in [-0.2, -0.15) is 0 Å². The van der Waals surface area contributed by atoms with Crippen LogP contribution in [0.25, 0.3) is 11.5 Å². The van der Waals surface area contributed by atoms with Crippen LogP contribution in [0.3, 0.4) is 0 Å². The Morgan fingerprint density at radius 1 is 1.15 bits per heavy atom. The Balaban J connectivity index is 1.85. The average Bonchev–Trinajstić information content (AvgIpc) is 3.12. The third-order valence-corrected chi connectivity index (χ3v) is 3.81. The first kappa shape index (κ1) is 20.0. The Morgan fingerprint density at radius 3 is 2.69 bits per heavy atom. The van der Waals surface area contributed by atoms with E-state index in [-0.39, 0.29) is 0 Å². The van der Waals surface area contributed by atoms with Crippen LogP contribution in [-0.4, -0.2) is 37.2 Å². The number of nitrogens with zero attached hydrogens (tertiary/aromatic N) is 2. The van der Waals surface area contributed by atoms with Gasteiger partial charge in [0.15, 0.2) is 5.96 Å². The van der Waals surface area contributed by atoms with Crippen LogP contribution in [0.1, 0.15) is 37.9 Å². The van der Waals surface area contributed by atoms with Crippen molar-refractivity contribution >= 4 is 5.96 Å². The van der Waals surface area contributed by atoms with E-state index in [0.29, 0.717) is 12.4 Å². The van der Waals surface area contributed by atoms with Gasteiger partial charge in [0.1, 0.15) is 12.0 Å². The molecule has 0 aliphatic carbocycles. The molecule has 142 valence electrons. The number of oxazole rings is 1. The van der Waals surface area contributed by atoms with E-state index < -0.39 is 0 Å². The number of hydrogen-bond acceptors (Lipinski definition) is 4. The fourth-order valence-electron chi connectivity index (χ4n) is 2.39.